The van der Waals surface area contributed by atoms with Gasteiger partial charge in [0.05, 0.1) is 0 Å². The summed E-state index contributed by atoms with van der Waals surface area (Å²) in [6.07, 6.45) is 2.01. The highest BCUT2D eigenvalue weighted by Crippen LogP contribution is 2.29. The molecule has 94 valence electrons. The van der Waals surface area contributed by atoms with Crippen molar-refractivity contribution in [2.24, 2.45) is 5.84 Å². The van der Waals surface area contributed by atoms with Gasteiger partial charge >= 0.3 is 0 Å². The molecule has 0 aliphatic rings. The van der Waals surface area contributed by atoms with Crippen molar-refractivity contribution >= 4 is 0 Å². The number of hydrogen-bond acceptors (Lipinski definition) is 2. The average molecular weight is 232 g/mol. The molecule has 1 aromatic rings. The van der Waals surface area contributed by atoms with Gasteiger partial charge in [-0.25, -0.2) is 0 Å². The van der Waals surface area contributed by atoms with Crippen molar-refractivity contribution in [1.29, 1.82) is 0 Å². The van der Waals surface area contributed by atoms with Crippen molar-refractivity contribution in [3.05, 3.63) is 48.0 Å². The first-order valence-corrected chi connectivity index (χ1v) is 6.14. The van der Waals surface area contributed by atoms with E-state index in [1.165, 1.54) is 11.1 Å². The summed E-state index contributed by atoms with van der Waals surface area (Å²) in [6, 6.07) is 10.8. The SMILES string of the molecule is C=C(C)CCC(NN)C(C)(C)c1ccccc1. The molecule has 1 atom stereocenters. The van der Waals surface area contributed by atoms with E-state index in [9.17, 15) is 0 Å². The van der Waals surface area contributed by atoms with Gasteiger partial charge in [0.25, 0.3) is 0 Å². The van der Waals surface area contributed by atoms with Crippen molar-refractivity contribution < 1.29 is 0 Å². The largest absolute Gasteiger partial charge is 0.271 e. The minimum absolute atomic E-state index is 0.0193. The Balaban J connectivity index is 2.82. The van der Waals surface area contributed by atoms with Crippen LogP contribution in [-0.2, 0) is 5.41 Å². The number of nitrogens with two attached hydrogens (primary N) is 1. The predicted molar refractivity (Wildman–Crippen MR) is 74.6 cm³/mol. The summed E-state index contributed by atoms with van der Waals surface area (Å²) in [5.74, 6) is 5.70. The molecule has 0 aromatic heterocycles. The summed E-state index contributed by atoms with van der Waals surface area (Å²) >= 11 is 0. The second-order valence-corrected chi connectivity index (χ2v) is 5.30. The third-order valence-corrected chi connectivity index (χ3v) is 3.45. The molecule has 17 heavy (non-hydrogen) atoms. The van der Waals surface area contributed by atoms with Crippen LogP contribution in [0.25, 0.3) is 0 Å². The zero-order chi connectivity index (χ0) is 12.9. The number of allylic oxidation sites excluding steroid dienone is 1. The molecule has 1 rings (SSSR count). The smallest absolute Gasteiger partial charge is 0.0305 e. The second kappa shape index (κ2) is 5.99. The molecule has 0 spiro atoms. The Morgan fingerprint density at radius 3 is 2.41 bits per heavy atom. The third-order valence-electron chi connectivity index (χ3n) is 3.45. The van der Waals surface area contributed by atoms with Crippen molar-refractivity contribution in [3.8, 4) is 0 Å². The van der Waals surface area contributed by atoms with Crippen LogP contribution in [0, 0.1) is 0 Å². The molecule has 0 fully saturated rings. The Hall–Kier alpha value is -1.12. The van der Waals surface area contributed by atoms with Crippen LogP contribution in [0.3, 0.4) is 0 Å². The molecule has 0 bridgehead atoms. The summed E-state index contributed by atoms with van der Waals surface area (Å²) in [4.78, 5) is 0. The molecular formula is C15H24N2. The van der Waals surface area contributed by atoms with Gasteiger partial charge in [0.1, 0.15) is 0 Å². The molecule has 2 nitrogen and oxygen atoms in total. The molecule has 1 aromatic carbocycles. The highest BCUT2D eigenvalue weighted by molar-refractivity contribution is 5.25. The van der Waals surface area contributed by atoms with Crippen LogP contribution < -0.4 is 11.3 Å². The first-order chi connectivity index (χ1) is 7.98. The van der Waals surface area contributed by atoms with E-state index >= 15 is 0 Å². The standard InChI is InChI=1S/C15H24N2/c1-12(2)10-11-14(17-16)15(3,4)13-8-6-5-7-9-13/h5-9,14,17H,1,10-11,16H2,2-4H3. The predicted octanol–water partition coefficient (Wildman–Crippen LogP) is 3.15. The van der Waals surface area contributed by atoms with Gasteiger partial charge in [-0.05, 0) is 25.3 Å². The van der Waals surface area contributed by atoms with Crippen LogP contribution in [0.5, 0.6) is 0 Å². The van der Waals surface area contributed by atoms with Crippen molar-refractivity contribution in [2.75, 3.05) is 0 Å². The Kier molecular flexibility index (Phi) is 4.91. The Morgan fingerprint density at radius 1 is 1.35 bits per heavy atom. The zero-order valence-corrected chi connectivity index (χ0v) is 11.2. The minimum Gasteiger partial charge on any atom is -0.271 e. The van der Waals surface area contributed by atoms with Crippen LogP contribution in [0.15, 0.2) is 42.5 Å². The van der Waals surface area contributed by atoms with Crippen LogP contribution in [0.2, 0.25) is 0 Å². The average Bonchev–Trinajstić information content (AvgIpc) is 2.30. The summed E-state index contributed by atoms with van der Waals surface area (Å²) < 4.78 is 0. The van der Waals surface area contributed by atoms with E-state index in [4.69, 9.17) is 5.84 Å². The number of benzene rings is 1. The molecule has 0 amide bonds. The van der Waals surface area contributed by atoms with E-state index in [0.717, 1.165) is 12.8 Å². The molecule has 0 radical (unpaired) electrons. The Bertz CT molecular complexity index is 354. The molecule has 0 aliphatic heterocycles. The molecule has 0 saturated heterocycles. The quantitative estimate of drug-likeness (QED) is 0.449. The molecule has 2 heteroatoms. The first kappa shape index (κ1) is 13.9. The Labute approximate surface area is 105 Å². The van der Waals surface area contributed by atoms with E-state index in [-0.39, 0.29) is 11.5 Å². The van der Waals surface area contributed by atoms with Crippen molar-refractivity contribution in [1.82, 2.24) is 5.43 Å². The zero-order valence-electron chi connectivity index (χ0n) is 11.2. The van der Waals surface area contributed by atoms with Gasteiger partial charge in [-0.15, -0.1) is 6.58 Å². The maximum absolute atomic E-state index is 5.70. The van der Waals surface area contributed by atoms with Crippen molar-refractivity contribution in [2.45, 2.75) is 45.1 Å². The fourth-order valence-electron chi connectivity index (χ4n) is 2.11. The van der Waals surface area contributed by atoms with Gasteiger partial charge in [-0.3, -0.25) is 11.3 Å². The van der Waals surface area contributed by atoms with Gasteiger partial charge < -0.3 is 0 Å². The fraction of sp³-hybridized carbons (Fsp3) is 0.467. The lowest BCUT2D eigenvalue weighted by atomic mass is 9.76. The molecule has 0 aliphatic carbocycles. The number of nitrogens with one attached hydrogen (secondary N) is 1. The second-order valence-electron chi connectivity index (χ2n) is 5.30. The summed E-state index contributed by atoms with van der Waals surface area (Å²) in [7, 11) is 0. The number of rotatable bonds is 6. The molecule has 0 saturated carbocycles. The summed E-state index contributed by atoms with van der Waals surface area (Å²) in [5.41, 5.74) is 5.49. The van der Waals surface area contributed by atoms with Crippen LogP contribution in [-0.4, -0.2) is 6.04 Å². The van der Waals surface area contributed by atoms with E-state index in [1.807, 2.05) is 6.07 Å². The molecule has 0 heterocycles. The van der Waals surface area contributed by atoms with Crippen molar-refractivity contribution in [3.63, 3.8) is 0 Å². The maximum Gasteiger partial charge on any atom is 0.0305 e. The molecule has 1 unspecified atom stereocenters. The van der Waals surface area contributed by atoms with Crippen LogP contribution >= 0.6 is 0 Å². The third kappa shape index (κ3) is 3.69. The van der Waals surface area contributed by atoms with E-state index in [0.29, 0.717) is 0 Å². The number of hydrazine groups is 1. The van der Waals surface area contributed by atoms with Gasteiger partial charge in [0.2, 0.25) is 0 Å². The van der Waals surface area contributed by atoms with Gasteiger partial charge in [-0.1, -0.05) is 49.8 Å². The van der Waals surface area contributed by atoms with E-state index in [1.54, 1.807) is 0 Å². The van der Waals surface area contributed by atoms with Gasteiger partial charge in [-0.2, -0.15) is 0 Å². The fourth-order valence-corrected chi connectivity index (χ4v) is 2.11. The van der Waals surface area contributed by atoms with E-state index < -0.39 is 0 Å². The highest BCUT2D eigenvalue weighted by Gasteiger charge is 2.29. The lowest BCUT2D eigenvalue weighted by Gasteiger charge is -2.34. The van der Waals surface area contributed by atoms with Crippen LogP contribution in [0.4, 0.5) is 0 Å². The lowest BCUT2D eigenvalue weighted by molar-refractivity contribution is 0.326. The first-order valence-electron chi connectivity index (χ1n) is 6.14. The maximum atomic E-state index is 5.70. The highest BCUT2D eigenvalue weighted by atomic mass is 15.2. The molecular weight excluding hydrogens is 208 g/mol. The Morgan fingerprint density at radius 2 is 1.94 bits per heavy atom. The monoisotopic (exact) mass is 232 g/mol. The molecule has 3 N–H and O–H groups in total. The minimum atomic E-state index is 0.0193. The van der Waals surface area contributed by atoms with Gasteiger partial charge in [0, 0.05) is 11.5 Å². The van der Waals surface area contributed by atoms with Gasteiger partial charge in [0.15, 0.2) is 0 Å². The van der Waals surface area contributed by atoms with E-state index in [2.05, 4.69) is 57.0 Å². The normalized spacial score (nSPS) is 13.4. The lowest BCUT2D eigenvalue weighted by Crippen LogP contribution is -2.48. The number of hydrogen-bond donors (Lipinski definition) is 2. The topological polar surface area (TPSA) is 38.0 Å². The summed E-state index contributed by atoms with van der Waals surface area (Å²) in [6.45, 7) is 10.5. The van der Waals surface area contributed by atoms with Crippen LogP contribution in [0.1, 0.15) is 39.2 Å². The summed E-state index contributed by atoms with van der Waals surface area (Å²) in [5, 5.41) is 0.